The second kappa shape index (κ2) is 8.91. The zero-order chi connectivity index (χ0) is 19.2. The van der Waals surface area contributed by atoms with Crippen molar-refractivity contribution in [3.05, 3.63) is 29.8 Å². The number of carbonyl (C=O) groups excluding carboxylic acids is 2. The highest BCUT2D eigenvalue weighted by atomic mass is 19.4. The third kappa shape index (κ3) is 5.93. The zero-order valence-electron chi connectivity index (χ0n) is 14.7. The van der Waals surface area contributed by atoms with E-state index in [-0.39, 0.29) is 18.0 Å². The number of alkyl halides is 3. The molecular weight excluding hydrogens is 347 g/mol. The van der Waals surface area contributed by atoms with Gasteiger partial charge in [0.2, 0.25) is 5.91 Å². The van der Waals surface area contributed by atoms with Gasteiger partial charge in [0, 0.05) is 31.2 Å². The summed E-state index contributed by atoms with van der Waals surface area (Å²) in [5.41, 5.74) is -0.437. The van der Waals surface area contributed by atoms with Crippen LogP contribution in [0.1, 0.15) is 44.6 Å². The van der Waals surface area contributed by atoms with Crippen molar-refractivity contribution in [3.8, 4) is 0 Å². The first-order chi connectivity index (χ1) is 12.3. The summed E-state index contributed by atoms with van der Waals surface area (Å²) >= 11 is 0. The molecule has 0 atom stereocenters. The number of hydrogen-bond donors (Lipinski definition) is 2. The minimum absolute atomic E-state index is 0.0412. The van der Waals surface area contributed by atoms with Gasteiger partial charge in [0.05, 0.1) is 5.56 Å². The molecule has 1 aromatic rings. The topological polar surface area (TPSA) is 61.4 Å². The predicted molar refractivity (Wildman–Crippen MR) is 92.7 cm³/mol. The van der Waals surface area contributed by atoms with Crippen molar-refractivity contribution in [2.75, 3.05) is 18.4 Å². The van der Waals surface area contributed by atoms with Crippen molar-refractivity contribution in [2.45, 2.75) is 51.2 Å². The smallest absolute Gasteiger partial charge is 0.353 e. The maximum absolute atomic E-state index is 12.5. The van der Waals surface area contributed by atoms with Gasteiger partial charge in [0.25, 0.3) is 0 Å². The monoisotopic (exact) mass is 371 g/mol. The first-order valence-electron chi connectivity index (χ1n) is 8.82. The lowest BCUT2D eigenvalue weighted by Gasteiger charge is -2.32. The molecule has 1 heterocycles. The van der Waals surface area contributed by atoms with Gasteiger partial charge in [0.1, 0.15) is 0 Å². The van der Waals surface area contributed by atoms with Crippen LogP contribution in [0.2, 0.25) is 0 Å². The van der Waals surface area contributed by atoms with Gasteiger partial charge in [-0.15, -0.1) is 0 Å². The van der Waals surface area contributed by atoms with E-state index < -0.39 is 11.7 Å². The summed E-state index contributed by atoms with van der Waals surface area (Å²) < 4.78 is 37.6. The standard InChI is InChI=1S/C18H24F3N3O2/c1-2-3-4-16(25)22-15-9-11-24(12-10-15)17(26)23-14-7-5-13(6-8-14)18(19,20)21/h5-8,15H,2-4,9-12H2,1H3,(H,22,25)(H,23,26). The van der Waals surface area contributed by atoms with E-state index in [4.69, 9.17) is 0 Å². The molecule has 3 amide bonds. The van der Waals surface area contributed by atoms with Gasteiger partial charge < -0.3 is 15.5 Å². The van der Waals surface area contributed by atoms with E-state index in [1.807, 2.05) is 6.92 Å². The normalized spacial score (nSPS) is 15.6. The second-order valence-corrected chi connectivity index (χ2v) is 6.44. The predicted octanol–water partition coefficient (Wildman–Crippen LogP) is 4.01. The van der Waals surface area contributed by atoms with Crippen molar-refractivity contribution in [2.24, 2.45) is 0 Å². The molecule has 0 saturated carbocycles. The van der Waals surface area contributed by atoms with Crippen molar-refractivity contribution in [1.29, 1.82) is 0 Å². The minimum Gasteiger partial charge on any atom is -0.353 e. The number of amides is 3. The van der Waals surface area contributed by atoms with Gasteiger partial charge in [-0.05, 0) is 43.5 Å². The fourth-order valence-corrected chi connectivity index (χ4v) is 2.81. The van der Waals surface area contributed by atoms with Crippen molar-refractivity contribution < 1.29 is 22.8 Å². The van der Waals surface area contributed by atoms with Crippen LogP contribution in [0.3, 0.4) is 0 Å². The number of nitrogens with one attached hydrogen (secondary N) is 2. The SMILES string of the molecule is CCCCC(=O)NC1CCN(C(=O)Nc2ccc(C(F)(F)F)cc2)CC1. The van der Waals surface area contributed by atoms with E-state index in [9.17, 15) is 22.8 Å². The first kappa shape index (κ1) is 20.1. The van der Waals surface area contributed by atoms with E-state index in [1.165, 1.54) is 12.1 Å². The summed E-state index contributed by atoms with van der Waals surface area (Å²) in [5.74, 6) is 0.0412. The molecular formula is C18H24F3N3O2. The number of hydrogen-bond acceptors (Lipinski definition) is 2. The molecule has 0 unspecified atom stereocenters. The molecule has 0 spiro atoms. The number of benzene rings is 1. The average molecular weight is 371 g/mol. The Balaban J connectivity index is 1.78. The summed E-state index contributed by atoms with van der Waals surface area (Å²) in [6.07, 6.45) is -0.718. The largest absolute Gasteiger partial charge is 0.416 e. The van der Waals surface area contributed by atoms with E-state index in [1.54, 1.807) is 4.90 Å². The molecule has 2 N–H and O–H groups in total. The Morgan fingerprint density at radius 1 is 1.15 bits per heavy atom. The van der Waals surface area contributed by atoms with Gasteiger partial charge in [-0.3, -0.25) is 4.79 Å². The Kier molecular flexibility index (Phi) is 6.88. The first-order valence-corrected chi connectivity index (χ1v) is 8.82. The van der Waals surface area contributed by atoms with E-state index >= 15 is 0 Å². The van der Waals surface area contributed by atoms with Crippen molar-refractivity contribution >= 4 is 17.6 Å². The van der Waals surface area contributed by atoms with Gasteiger partial charge in [0.15, 0.2) is 0 Å². The summed E-state index contributed by atoms with van der Waals surface area (Å²) in [6, 6.07) is 4.07. The Labute approximate surface area is 150 Å². The summed E-state index contributed by atoms with van der Waals surface area (Å²) in [7, 11) is 0. The quantitative estimate of drug-likeness (QED) is 0.822. The van der Waals surface area contributed by atoms with Crippen LogP contribution in [0.25, 0.3) is 0 Å². The molecule has 144 valence electrons. The molecule has 0 radical (unpaired) electrons. The van der Waals surface area contributed by atoms with Crippen LogP contribution in [0.5, 0.6) is 0 Å². The number of rotatable bonds is 5. The lowest BCUT2D eigenvalue weighted by Crippen LogP contribution is -2.47. The molecule has 1 saturated heterocycles. The Hall–Kier alpha value is -2.25. The number of halogens is 3. The average Bonchev–Trinajstić information content (AvgIpc) is 2.60. The van der Waals surface area contributed by atoms with Crippen LogP contribution in [0.4, 0.5) is 23.7 Å². The Bertz CT molecular complexity index is 609. The summed E-state index contributed by atoms with van der Waals surface area (Å²) in [4.78, 5) is 25.6. The number of piperidine rings is 1. The third-order valence-corrected chi connectivity index (χ3v) is 4.37. The zero-order valence-corrected chi connectivity index (χ0v) is 14.7. The van der Waals surface area contributed by atoms with Crippen molar-refractivity contribution in [1.82, 2.24) is 10.2 Å². The molecule has 8 heteroatoms. The molecule has 2 rings (SSSR count). The van der Waals surface area contributed by atoms with Crippen LogP contribution in [0, 0.1) is 0 Å². The molecule has 26 heavy (non-hydrogen) atoms. The fourth-order valence-electron chi connectivity index (χ4n) is 2.81. The highest BCUT2D eigenvalue weighted by molar-refractivity contribution is 5.89. The van der Waals surface area contributed by atoms with E-state index in [0.717, 1.165) is 25.0 Å². The van der Waals surface area contributed by atoms with Crippen LogP contribution >= 0.6 is 0 Å². The maximum atomic E-state index is 12.5. The number of urea groups is 1. The van der Waals surface area contributed by atoms with Crippen LogP contribution < -0.4 is 10.6 Å². The van der Waals surface area contributed by atoms with E-state index in [2.05, 4.69) is 10.6 Å². The Morgan fingerprint density at radius 2 is 1.77 bits per heavy atom. The molecule has 1 fully saturated rings. The van der Waals surface area contributed by atoms with Crippen molar-refractivity contribution in [3.63, 3.8) is 0 Å². The molecule has 0 bridgehead atoms. The van der Waals surface area contributed by atoms with Gasteiger partial charge in [-0.1, -0.05) is 13.3 Å². The van der Waals surface area contributed by atoms with E-state index in [0.29, 0.717) is 38.0 Å². The van der Waals surface area contributed by atoms with Gasteiger partial charge >= 0.3 is 12.2 Å². The molecule has 0 aliphatic carbocycles. The van der Waals surface area contributed by atoms with Gasteiger partial charge in [-0.2, -0.15) is 13.2 Å². The molecule has 5 nitrogen and oxygen atoms in total. The summed E-state index contributed by atoms with van der Waals surface area (Å²) in [5, 5.41) is 5.59. The molecule has 1 aliphatic rings. The number of likely N-dealkylation sites (tertiary alicyclic amines) is 1. The minimum atomic E-state index is -4.40. The number of nitrogens with zero attached hydrogens (tertiary/aromatic N) is 1. The highest BCUT2D eigenvalue weighted by Gasteiger charge is 2.30. The van der Waals surface area contributed by atoms with Crippen LogP contribution in [-0.4, -0.2) is 36.0 Å². The van der Waals surface area contributed by atoms with Gasteiger partial charge in [-0.25, -0.2) is 4.79 Å². The number of anilines is 1. The highest BCUT2D eigenvalue weighted by Crippen LogP contribution is 2.29. The third-order valence-electron chi connectivity index (χ3n) is 4.37. The fraction of sp³-hybridized carbons (Fsp3) is 0.556. The molecule has 1 aliphatic heterocycles. The van der Waals surface area contributed by atoms with Crippen LogP contribution in [-0.2, 0) is 11.0 Å². The molecule has 0 aromatic heterocycles. The lowest BCUT2D eigenvalue weighted by molar-refractivity contribution is -0.137. The second-order valence-electron chi connectivity index (χ2n) is 6.44. The number of carbonyl (C=O) groups is 2. The summed E-state index contributed by atoms with van der Waals surface area (Å²) in [6.45, 7) is 3.01. The molecule has 1 aromatic carbocycles. The lowest BCUT2D eigenvalue weighted by atomic mass is 10.0. The maximum Gasteiger partial charge on any atom is 0.416 e. The van der Waals surface area contributed by atoms with Crippen LogP contribution in [0.15, 0.2) is 24.3 Å². The Morgan fingerprint density at radius 3 is 2.31 bits per heavy atom. The number of unbranched alkanes of at least 4 members (excludes halogenated alkanes) is 1.